The fourth-order valence-corrected chi connectivity index (χ4v) is 3.99. The second-order valence-electron chi connectivity index (χ2n) is 7.43. The number of benzene rings is 1. The Hall–Kier alpha value is -2.28. The molecule has 2 fully saturated rings. The third-order valence-electron chi connectivity index (χ3n) is 5.86. The number of piperidine rings is 1. The number of ether oxygens (including phenoxy) is 2. The number of nitrogens with zero attached hydrogens (tertiary/aromatic N) is 3. The summed E-state index contributed by atoms with van der Waals surface area (Å²) in [5.41, 5.74) is 0.552. The van der Waals surface area contributed by atoms with Crippen LogP contribution in [0.4, 0.5) is 0 Å². The molecule has 7 nitrogen and oxygen atoms in total. The van der Waals surface area contributed by atoms with Gasteiger partial charge in [-0.25, -0.2) is 0 Å². The summed E-state index contributed by atoms with van der Waals surface area (Å²) in [6.07, 6.45) is 1.44. The maximum atomic E-state index is 12.9. The number of amides is 2. The molecule has 0 N–H and O–H groups in total. The Morgan fingerprint density at radius 1 is 0.893 bits per heavy atom. The molecule has 0 saturated carbocycles. The van der Waals surface area contributed by atoms with Crippen molar-refractivity contribution in [2.24, 2.45) is 5.92 Å². The van der Waals surface area contributed by atoms with Crippen LogP contribution in [0.3, 0.4) is 0 Å². The van der Waals surface area contributed by atoms with Crippen LogP contribution in [0, 0.1) is 5.92 Å². The SMILES string of the molecule is CCN1CCN(C(=O)C2CCN(C(=O)c3cc(OC)cc(OC)c3)CC2)CC1. The molecule has 0 radical (unpaired) electrons. The smallest absolute Gasteiger partial charge is 0.254 e. The Bertz CT molecular complexity index is 671. The van der Waals surface area contributed by atoms with E-state index in [-0.39, 0.29) is 17.7 Å². The predicted molar refractivity (Wildman–Crippen MR) is 107 cm³/mol. The van der Waals surface area contributed by atoms with Gasteiger partial charge in [0, 0.05) is 56.8 Å². The molecule has 0 unspecified atom stereocenters. The largest absolute Gasteiger partial charge is 0.497 e. The Morgan fingerprint density at radius 2 is 1.46 bits per heavy atom. The van der Waals surface area contributed by atoms with Crippen molar-refractivity contribution >= 4 is 11.8 Å². The second kappa shape index (κ2) is 9.28. The van der Waals surface area contributed by atoms with Crippen LogP contribution in [0.5, 0.6) is 11.5 Å². The number of likely N-dealkylation sites (tertiary alicyclic amines) is 1. The van der Waals surface area contributed by atoms with Crippen LogP contribution >= 0.6 is 0 Å². The van der Waals surface area contributed by atoms with Crippen LogP contribution in [0.2, 0.25) is 0 Å². The first-order valence-corrected chi connectivity index (χ1v) is 10.1. The zero-order valence-corrected chi connectivity index (χ0v) is 17.1. The van der Waals surface area contributed by atoms with Crippen molar-refractivity contribution in [3.63, 3.8) is 0 Å². The molecule has 0 aliphatic carbocycles. The van der Waals surface area contributed by atoms with Gasteiger partial charge >= 0.3 is 0 Å². The lowest BCUT2D eigenvalue weighted by Gasteiger charge is -2.38. The van der Waals surface area contributed by atoms with Gasteiger partial charge in [0.2, 0.25) is 5.91 Å². The molecule has 2 amide bonds. The molecule has 0 spiro atoms. The normalized spacial score (nSPS) is 18.8. The van der Waals surface area contributed by atoms with E-state index >= 15 is 0 Å². The highest BCUT2D eigenvalue weighted by molar-refractivity contribution is 5.95. The third kappa shape index (κ3) is 4.58. The Kier molecular flexibility index (Phi) is 6.78. The Morgan fingerprint density at radius 3 is 1.96 bits per heavy atom. The van der Waals surface area contributed by atoms with Crippen molar-refractivity contribution in [3.05, 3.63) is 23.8 Å². The van der Waals surface area contributed by atoms with E-state index in [9.17, 15) is 9.59 Å². The van der Waals surface area contributed by atoms with E-state index in [1.165, 1.54) is 0 Å². The molecule has 2 heterocycles. The van der Waals surface area contributed by atoms with Crippen LogP contribution < -0.4 is 9.47 Å². The lowest BCUT2D eigenvalue weighted by atomic mass is 9.94. The number of methoxy groups -OCH3 is 2. The summed E-state index contributed by atoms with van der Waals surface area (Å²) in [4.78, 5) is 31.9. The van der Waals surface area contributed by atoms with E-state index in [0.717, 1.165) is 45.6 Å². The molecule has 0 bridgehead atoms. The number of rotatable bonds is 5. The lowest BCUT2D eigenvalue weighted by Crippen LogP contribution is -2.51. The van der Waals surface area contributed by atoms with E-state index in [0.29, 0.717) is 30.2 Å². The summed E-state index contributed by atoms with van der Waals surface area (Å²) in [6.45, 7) is 7.94. The summed E-state index contributed by atoms with van der Waals surface area (Å²) in [7, 11) is 3.14. The van der Waals surface area contributed by atoms with E-state index in [1.807, 2.05) is 9.80 Å². The summed E-state index contributed by atoms with van der Waals surface area (Å²) >= 11 is 0. The van der Waals surface area contributed by atoms with Crippen molar-refractivity contribution in [1.82, 2.24) is 14.7 Å². The quantitative estimate of drug-likeness (QED) is 0.767. The van der Waals surface area contributed by atoms with Crippen LogP contribution in [-0.4, -0.2) is 86.5 Å². The molecule has 1 aromatic carbocycles. The van der Waals surface area contributed by atoms with Crippen LogP contribution in [0.15, 0.2) is 18.2 Å². The lowest BCUT2D eigenvalue weighted by molar-refractivity contribution is -0.138. The van der Waals surface area contributed by atoms with Crippen LogP contribution in [-0.2, 0) is 4.79 Å². The summed E-state index contributed by atoms with van der Waals surface area (Å²) in [5, 5.41) is 0. The number of hydrogen-bond donors (Lipinski definition) is 0. The molecule has 2 aliphatic heterocycles. The van der Waals surface area contributed by atoms with E-state index in [2.05, 4.69) is 11.8 Å². The number of carbonyl (C=O) groups is 2. The fraction of sp³-hybridized carbons (Fsp3) is 0.619. The van der Waals surface area contributed by atoms with E-state index in [1.54, 1.807) is 32.4 Å². The highest BCUT2D eigenvalue weighted by Gasteiger charge is 2.32. The van der Waals surface area contributed by atoms with Gasteiger partial charge in [0.25, 0.3) is 5.91 Å². The van der Waals surface area contributed by atoms with Gasteiger partial charge in [0.1, 0.15) is 11.5 Å². The van der Waals surface area contributed by atoms with Gasteiger partial charge in [-0.2, -0.15) is 0 Å². The predicted octanol–water partition coefficient (Wildman–Crippen LogP) is 1.72. The summed E-state index contributed by atoms with van der Waals surface area (Å²) < 4.78 is 10.5. The minimum Gasteiger partial charge on any atom is -0.497 e. The van der Waals surface area contributed by atoms with Crippen LogP contribution in [0.25, 0.3) is 0 Å². The van der Waals surface area contributed by atoms with Gasteiger partial charge in [0.15, 0.2) is 0 Å². The Labute approximate surface area is 167 Å². The fourth-order valence-electron chi connectivity index (χ4n) is 3.99. The van der Waals surface area contributed by atoms with Crippen molar-refractivity contribution in [3.8, 4) is 11.5 Å². The maximum absolute atomic E-state index is 12.9. The average molecular weight is 389 g/mol. The maximum Gasteiger partial charge on any atom is 0.254 e. The highest BCUT2D eigenvalue weighted by Crippen LogP contribution is 2.26. The van der Waals surface area contributed by atoms with Crippen molar-refractivity contribution in [2.45, 2.75) is 19.8 Å². The number of piperazine rings is 1. The molecule has 154 valence electrons. The molecule has 7 heteroatoms. The standard InChI is InChI=1S/C21H31N3O4/c1-4-22-9-11-24(12-10-22)20(25)16-5-7-23(8-6-16)21(26)17-13-18(27-2)15-19(14-17)28-3/h13-16H,4-12H2,1-3H3. The first kappa shape index (κ1) is 20.5. The van der Waals surface area contributed by atoms with Crippen molar-refractivity contribution < 1.29 is 19.1 Å². The minimum atomic E-state index is -0.0420. The molecule has 2 aliphatic rings. The summed E-state index contributed by atoms with van der Waals surface area (Å²) in [6, 6.07) is 5.21. The summed E-state index contributed by atoms with van der Waals surface area (Å²) in [5.74, 6) is 1.43. The molecule has 1 aromatic rings. The Balaban J connectivity index is 1.56. The monoisotopic (exact) mass is 389 g/mol. The molecule has 3 rings (SSSR count). The van der Waals surface area contributed by atoms with Crippen molar-refractivity contribution in [1.29, 1.82) is 0 Å². The zero-order chi connectivity index (χ0) is 20.1. The molecular weight excluding hydrogens is 358 g/mol. The zero-order valence-electron chi connectivity index (χ0n) is 17.1. The van der Waals surface area contributed by atoms with Crippen molar-refractivity contribution in [2.75, 3.05) is 60.0 Å². The highest BCUT2D eigenvalue weighted by atomic mass is 16.5. The third-order valence-corrected chi connectivity index (χ3v) is 5.86. The average Bonchev–Trinajstić information content (AvgIpc) is 2.77. The van der Waals surface area contributed by atoms with Gasteiger partial charge < -0.3 is 24.2 Å². The number of hydrogen-bond acceptors (Lipinski definition) is 5. The van der Waals surface area contributed by atoms with E-state index in [4.69, 9.17) is 9.47 Å². The van der Waals surface area contributed by atoms with Gasteiger partial charge in [-0.3, -0.25) is 9.59 Å². The van der Waals surface area contributed by atoms with E-state index < -0.39 is 0 Å². The van der Waals surface area contributed by atoms with Gasteiger partial charge in [-0.05, 0) is 31.5 Å². The number of carbonyl (C=O) groups excluding carboxylic acids is 2. The number of likely N-dealkylation sites (N-methyl/N-ethyl adjacent to an activating group) is 1. The second-order valence-corrected chi connectivity index (χ2v) is 7.43. The topological polar surface area (TPSA) is 62.3 Å². The minimum absolute atomic E-state index is 0.0251. The van der Waals surface area contributed by atoms with Gasteiger partial charge in [0.05, 0.1) is 14.2 Å². The molecule has 0 aromatic heterocycles. The molecule has 2 saturated heterocycles. The molecular formula is C21H31N3O4. The molecule has 0 atom stereocenters. The van der Waals surface area contributed by atoms with Gasteiger partial charge in [-0.15, -0.1) is 0 Å². The molecule has 28 heavy (non-hydrogen) atoms. The first-order chi connectivity index (χ1) is 13.5. The first-order valence-electron chi connectivity index (χ1n) is 10.1. The van der Waals surface area contributed by atoms with Crippen LogP contribution in [0.1, 0.15) is 30.1 Å². The van der Waals surface area contributed by atoms with Gasteiger partial charge in [-0.1, -0.05) is 6.92 Å².